The Morgan fingerprint density at radius 3 is 1.94 bits per heavy atom. The monoisotopic (exact) mass is 249 g/mol. The van der Waals surface area contributed by atoms with Gasteiger partial charge in [0.25, 0.3) is 0 Å². The van der Waals surface area contributed by atoms with E-state index < -0.39 is 15.6 Å². The summed E-state index contributed by atoms with van der Waals surface area (Å²) >= 11 is 0. The normalized spacial score (nSPS) is 11.3. The molecular formula is C12H9O4S. The summed E-state index contributed by atoms with van der Waals surface area (Å²) in [5.41, 5.74) is 0. The molecule has 1 radical (unpaired) electrons. The first-order valence-electron chi connectivity index (χ1n) is 4.82. The van der Waals surface area contributed by atoms with E-state index in [1.807, 2.05) is 0 Å². The van der Waals surface area contributed by atoms with Crippen LogP contribution in [-0.4, -0.2) is 13.5 Å². The number of benzene rings is 2. The molecule has 4 nitrogen and oxygen atoms in total. The van der Waals surface area contributed by atoms with Gasteiger partial charge in [-0.3, -0.25) is 5.11 Å². The SMILES string of the molecule is [O]c1ccccc1S(=O)(=O)c1ccccc1O. The third kappa shape index (κ3) is 1.97. The third-order valence-corrected chi connectivity index (χ3v) is 4.13. The van der Waals surface area contributed by atoms with E-state index in [0.717, 1.165) is 0 Å². The number of sulfone groups is 1. The molecule has 0 fully saturated rings. The minimum absolute atomic E-state index is 0.261. The number of hydrogen-bond donors (Lipinski definition) is 1. The fraction of sp³-hybridized carbons (Fsp3) is 0. The second-order valence-corrected chi connectivity index (χ2v) is 5.30. The Hall–Kier alpha value is -2.01. The van der Waals surface area contributed by atoms with Crippen molar-refractivity contribution in [2.45, 2.75) is 9.79 Å². The topological polar surface area (TPSA) is 74.3 Å². The van der Waals surface area contributed by atoms with Crippen LogP contribution < -0.4 is 0 Å². The van der Waals surface area contributed by atoms with Crippen molar-refractivity contribution in [3.63, 3.8) is 0 Å². The fourth-order valence-electron chi connectivity index (χ4n) is 1.48. The Labute approximate surface area is 98.7 Å². The quantitative estimate of drug-likeness (QED) is 0.887. The van der Waals surface area contributed by atoms with Crippen molar-refractivity contribution in [3.8, 4) is 11.5 Å². The van der Waals surface area contributed by atoms with Crippen LogP contribution in [0.1, 0.15) is 0 Å². The van der Waals surface area contributed by atoms with Crippen molar-refractivity contribution in [1.82, 2.24) is 0 Å². The van der Waals surface area contributed by atoms with Crippen LogP contribution in [0.3, 0.4) is 0 Å². The van der Waals surface area contributed by atoms with Gasteiger partial charge >= 0.3 is 0 Å². The summed E-state index contributed by atoms with van der Waals surface area (Å²) in [7, 11) is -3.96. The molecular weight excluding hydrogens is 240 g/mol. The van der Waals surface area contributed by atoms with Gasteiger partial charge in [0.1, 0.15) is 15.5 Å². The van der Waals surface area contributed by atoms with Gasteiger partial charge in [-0.25, -0.2) is 8.42 Å². The molecule has 17 heavy (non-hydrogen) atoms. The average Bonchev–Trinajstić information content (AvgIpc) is 2.29. The number of para-hydroxylation sites is 2. The van der Waals surface area contributed by atoms with Crippen LogP contribution in [0.4, 0.5) is 0 Å². The Balaban J connectivity index is 2.67. The largest absolute Gasteiger partial charge is 0.507 e. The lowest BCUT2D eigenvalue weighted by molar-refractivity contribution is 0.343. The number of aromatic hydroxyl groups is 1. The Morgan fingerprint density at radius 2 is 1.35 bits per heavy atom. The Morgan fingerprint density at radius 1 is 0.824 bits per heavy atom. The second-order valence-electron chi connectivity index (χ2n) is 3.42. The van der Waals surface area contributed by atoms with Crippen LogP contribution in [0, 0.1) is 0 Å². The van der Waals surface area contributed by atoms with Crippen LogP contribution in [0.25, 0.3) is 0 Å². The highest BCUT2D eigenvalue weighted by molar-refractivity contribution is 7.91. The molecule has 0 aliphatic carbocycles. The van der Waals surface area contributed by atoms with Gasteiger partial charge in [-0.15, -0.1) is 0 Å². The standard InChI is InChI=1S/C12H9O4S/c13-9-5-1-3-7-11(9)17(15,16)12-8-4-2-6-10(12)14/h1-8,13H. The average molecular weight is 249 g/mol. The number of phenolic OH excluding ortho intramolecular Hbond substituents is 1. The van der Waals surface area contributed by atoms with Crippen LogP contribution in [0.5, 0.6) is 11.5 Å². The molecule has 0 heterocycles. The van der Waals surface area contributed by atoms with Gasteiger partial charge in [-0.2, -0.15) is 0 Å². The van der Waals surface area contributed by atoms with E-state index in [0.29, 0.717) is 0 Å². The van der Waals surface area contributed by atoms with Crippen molar-refractivity contribution < 1.29 is 18.6 Å². The van der Waals surface area contributed by atoms with E-state index >= 15 is 0 Å². The predicted octanol–water partition coefficient (Wildman–Crippen LogP) is 2.37. The van der Waals surface area contributed by atoms with Crippen molar-refractivity contribution in [3.05, 3.63) is 48.5 Å². The minimum atomic E-state index is -3.96. The molecule has 0 bridgehead atoms. The second kappa shape index (κ2) is 4.10. The van der Waals surface area contributed by atoms with Crippen molar-refractivity contribution in [2.24, 2.45) is 0 Å². The molecule has 0 saturated heterocycles. The van der Waals surface area contributed by atoms with Crippen LogP contribution >= 0.6 is 0 Å². The molecule has 87 valence electrons. The number of hydrogen-bond acceptors (Lipinski definition) is 3. The summed E-state index contributed by atoms with van der Waals surface area (Å²) in [6.07, 6.45) is 0. The molecule has 5 heteroatoms. The fourth-order valence-corrected chi connectivity index (χ4v) is 2.90. The summed E-state index contributed by atoms with van der Waals surface area (Å²) in [5, 5.41) is 21.0. The van der Waals surface area contributed by atoms with E-state index in [1.165, 1.54) is 48.5 Å². The molecule has 0 aromatic heterocycles. The molecule has 0 atom stereocenters. The zero-order valence-electron chi connectivity index (χ0n) is 8.70. The maximum atomic E-state index is 12.1. The highest BCUT2D eigenvalue weighted by Crippen LogP contribution is 2.32. The lowest BCUT2D eigenvalue weighted by atomic mass is 10.3. The molecule has 0 spiro atoms. The van der Waals surface area contributed by atoms with E-state index in [4.69, 9.17) is 0 Å². The first-order valence-corrected chi connectivity index (χ1v) is 6.31. The lowest BCUT2D eigenvalue weighted by Crippen LogP contribution is -2.02. The van der Waals surface area contributed by atoms with Gasteiger partial charge < -0.3 is 5.11 Å². The first-order chi connectivity index (χ1) is 8.03. The zero-order chi connectivity index (χ0) is 12.5. The van der Waals surface area contributed by atoms with E-state index in [1.54, 1.807) is 0 Å². The van der Waals surface area contributed by atoms with E-state index in [9.17, 15) is 18.6 Å². The maximum absolute atomic E-state index is 12.1. The smallest absolute Gasteiger partial charge is 0.214 e. The van der Waals surface area contributed by atoms with Gasteiger partial charge in [0.2, 0.25) is 9.84 Å². The molecule has 0 aliphatic rings. The van der Waals surface area contributed by atoms with E-state index in [-0.39, 0.29) is 15.5 Å². The summed E-state index contributed by atoms with van der Waals surface area (Å²) in [5.74, 6) is -0.952. The first kappa shape index (κ1) is 11.5. The van der Waals surface area contributed by atoms with Gasteiger partial charge in [0.15, 0.2) is 5.75 Å². The number of rotatable bonds is 2. The van der Waals surface area contributed by atoms with Crippen molar-refractivity contribution in [1.29, 1.82) is 0 Å². The molecule has 0 amide bonds. The highest BCUT2D eigenvalue weighted by Gasteiger charge is 2.24. The van der Waals surface area contributed by atoms with Gasteiger partial charge in [0.05, 0.1) is 0 Å². The summed E-state index contributed by atoms with van der Waals surface area (Å²) in [6.45, 7) is 0. The highest BCUT2D eigenvalue weighted by atomic mass is 32.2. The van der Waals surface area contributed by atoms with Crippen molar-refractivity contribution in [2.75, 3.05) is 0 Å². The Bertz CT molecular complexity index is 596. The summed E-state index contributed by atoms with van der Waals surface area (Å²) in [4.78, 5) is -0.593. The molecule has 2 aromatic rings. The zero-order valence-corrected chi connectivity index (χ0v) is 9.52. The Kier molecular flexibility index (Phi) is 2.77. The number of phenols is 1. The van der Waals surface area contributed by atoms with Gasteiger partial charge in [0, 0.05) is 0 Å². The lowest BCUT2D eigenvalue weighted by Gasteiger charge is -2.06. The maximum Gasteiger partial charge on any atom is 0.214 e. The van der Waals surface area contributed by atoms with Gasteiger partial charge in [-0.05, 0) is 24.3 Å². The van der Waals surface area contributed by atoms with Gasteiger partial charge in [-0.1, -0.05) is 24.3 Å². The predicted molar refractivity (Wildman–Crippen MR) is 60.1 cm³/mol. The third-order valence-electron chi connectivity index (χ3n) is 2.29. The van der Waals surface area contributed by atoms with E-state index in [2.05, 4.69) is 0 Å². The molecule has 0 saturated carbocycles. The molecule has 0 aliphatic heterocycles. The minimum Gasteiger partial charge on any atom is -0.507 e. The molecule has 1 N–H and O–H groups in total. The van der Waals surface area contributed by atoms with Crippen molar-refractivity contribution >= 4 is 9.84 Å². The summed E-state index contributed by atoms with van der Waals surface area (Å²) in [6, 6.07) is 10.9. The summed E-state index contributed by atoms with van der Waals surface area (Å²) < 4.78 is 24.2. The van der Waals surface area contributed by atoms with Crippen LogP contribution in [0.2, 0.25) is 0 Å². The van der Waals surface area contributed by atoms with Crippen LogP contribution in [0.15, 0.2) is 58.3 Å². The molecule has 0 unspecified atom stereocenters. The molecule has 2 rings (SSSR count). The molecule has 2 aromatic carbocycles. The van der Waals surface area contributed by atoms with Crippen LogP contribution in [-0.2, 0) is 14.9 Å².